The minimum Gasteiger partial charge on any atom is -0.193 e. The first kappa shape index (κ1) is 13.7. The summed E-state index contributed by atoms with van der Waals surface area (Å²) in [5.41, 5.74) is 0. The van der Waals surface area contributed by atoms with Gasteiger partial charge in [0, 0.05) is 6.08 Å². The van der Waals surface area contributed by atoms with Crippen molar-refractivity contribution in [1.82, 2.24) is 0 Å². The van der Waals surface area contributed by atoms with Gasteiger partial charge >= 0.3 is 0 Å². The number of hydrogen-bond donors (Lipinski definition) is 0. The van der Waals surface area contributed by atoms with Gasteiger partial charge in [-0.3, -0.25) is 0 Å². The van der Waals surface area contributed by atoms with Crippen molar-refractivity contribution in [3.63, 3.8) is 0 Å². The molecule has 1 nitrogen and oxygen atoms in total. The lowest BCUT2D eigenvalue weighted by Crippen LogP contribution is -1.69. The molecule has 0 rings (SSSR count). The van der Waals surface area contributed by atoms with E-state index in [1.165, 1.54) is 31.8 Å². The molecule has 0 heterocycles. The van der Waals surface area contributed by atoms with E-state index >= 15 is 0 Å². The Labute approximate surface area is 93.8 Å². The van der Waals surface area contributed by atoms with Gasteiger partial charge in [-0.2, -0.15) is 5.26 Å². The number of nitrogens with zero attached hydrogens (tertiary/aromatic N) is 1. The van der Waals surface area contributed by atoms with E-state index in [2.05, 4.69) is 31.2 Å². The molecule has 1 heteroatoms. The Bertz CT molecular complexity index is 241. The van der Waals surface area contributed by atoms with E-state index in [4.69, 9.17) is 5.26 Å². The summed E-state index contributed by atoms with van der Waals surface area (Å²) in [4.78, 5) is 0. The lowest BCUT2D eigenvalue weighted by Gasteiger charge is -1.89. The predicted octanol–water partition coefficient (Wildman–Crippen LogP) is 4.54. The van der Waals surface area contributed by atoms with Crippen LogP contribution in [0.25, 0.3) is 0 Å². The minimum absolute atomic E-state index is 0.952. The second-order valence-corrected chi connectivity index (χ2v) is 3.46. The van der Waals surface area contributed by atoms with Gasteiger partial charge < -0.3 is 0 Å². The molecule has 0 aliphatic rings. The molecular formula is C14H21N. The fourth-order valence-corrected chi connectivity index (χ4v) is 1.19. The molecule has 0 aromatic heterocycles. The first-order valence-electron chi connectivity index (χ1n) is 5.78. The maximum absolute atomic E-state index is 8.24. The molecule has 0 bridgehead atoms. The molecule has 0 amide bonds. The molecule has 0 saturated carbocycles. The first-order chi connectivity index (χ1) is 7.41. The van der Waals surface area contributed by atoms with Crippen LogP contribution in [0.4, 0.5) is 0 Å². The Kier molecular flexibility index (Phi) is 11.6. The van der Waals surface area contributed by atoms with Crippen molar-refractivity contribution in [2.45, 2.75) is 45.4 Å². The quantitative estimate of drug-likeness (QED) is 0.323. The van der Waals surface area contributed by atoms with E-state index in [-0.39, 0.29) is 0 Å². The third kappa shape index (κ3) is 12.7. The first-order valence-corrected chi connectivity index (χ1v) is 5.78. The molecule has 0 spiro atoms. The highest BCUT2D eigenvalue weighted by Crippen LogP contribution is 2.00. The van der Waals surface area contributed by atoms with Crippen LogP contribution in [0.3, 0.4) is 0 Å². The fourth-order valence-electron chi connectivity index (χ4n) is 1.19. The summed E-state index contributed by atoms with van der Waals surface area (Å²) in [5, 5.41) is 8.24. The van der Waals surface area contributed by atoms with Crippen molar-refractivity contribution in [2.24, 2.45) is 0 Å². The summed E-state index contributed by atoms with van der Waals surface area (Å²) in [5.74, 6) is 0. The van der Waals surface area contributed by atoms with Crippen molar-refractivity contribution in [1.29, 1.82) is 5.26 Å². The van der Waals surface area contributed by atoms with Crippen LogP contribution in [0.1, 0.15) is 45.4 Å². The lowest BCUT2D eigenvalue weighted by atomic mass is 10.2. The molecule has 0 aromatic carbocycles. The van der Waals surface area contributed by atoms with Gasteiger partial charge in [0.05, 0.1) is 6.07 Å². The van der Waals surface area contributed by atoms with Crippen LogP contribution < -0.4 is 0 Å². The summed E-state index contributed by atoms with van der Waals surface area (Å²) < 4.78 is 0. The molecule has 0 aliphatic carbocycles. The zero-order valence-electron chi connectivity index (χ0n) is 9.65. The molecule has 0 radical (unpaired) electrons. The summed E-state index contributed by atoms with van der Waals surface area (Å²) in [7, 11) is 0. The van der Waals surface area contributed by atoms with Gasteiger partial charge in [-0.05, 0) is 25.7 Å². The molecule has 0 N–H and O–H groups in total. The Hall–Kier alpha value is -1.29. The number of hydrogen-bond acceptors (Lipinski definition) is 1. The number of unbranched alkanes of at least 4 members (excludes halogenated alkanes) is 4. The third-order valence-corrected chi connectivity index (χ3v) is 2.05. The predicted molar refractivity (Wildman–Crippen MR) is 66.4 cm³/mol. The van der Waals surface area contributed by atoms with E-state index in [0.717, 1.165) is 12.8 Å². The van der Waals surface area contributed by atoms with Gasteiger partial charge in [0.25, 0.3) is 0 Å². The zero-order chi connectivity index (χ0) is 11.2. The Morgan fingerprint density at radius 2 is 1.60 bits per heavy atom. The van der Waals surface area contributed by atoms with Crippen LogP contribution >= 0.6 is 0 Å². The summed E-state index contributed by atoms with van der Waals surface area (Å²) in [6.45, 7) is 2.22. The molecular weight excluding hydrogens is 182 g/mol. The number of nitriles is 1. The summed E-state index contributed by atoms with van der Waals surface area (Å²) in [6, 6.07) is 1.98. The van der Waals surface area contributed by atoms with Crippen molar-refractivity contribution in [2.75, 3.05) is 0 Å². The maximum Gasteiger partial charge on any atom is 0.0908 e. The summed E-state index contributed by atoms with van der Waals surface area (Å²) >= 11 is 0. The van der Waals surface area contributed by atoms with Crippen LogP contribution in [0, 0.1) is 11.3 Å². The monoisotopic (exact) mass is 203 g/mol. The zero-order valence-corrected chi connectivity index (χ0v) is 9.65. The molecule has 0 atom stereocenters. The van der Waals surface area contributed by atoms with E-state index in [0.29, 0.717) is 0 Å². The standard InChI is InChI=1S/C14H21N/c1-2-3-4-5-6-7-8-9-10-11-12-13-14-15/h6-9,12-13H,2-5,10-11H2,1H3/b7-6+,9-8+,13-12+. The number of allylic oxidation sites excluding steroid dienone is 6. The van der Waals surface area contributed by atoms with Crippen molar-refractivity contribution < 1.29 is 0 Å². The average Bonchev–Trinajstić information content (AvgIpc) is 2.26. The molecule has 0 aliphatic heterocycles. The van der Waals surface area contributed by atoms with Crippen LogP contribution in [0.15, 0.2) is 36.5 Å². The largest absolute Gasteiger partial charge is 0.193 e. The van der Waals surface area contributed by atoms with Crippen LogP contribution in [0.5, 0.6) is 0 Å². The fraction of sp³-hybridized carbons (Fsp3) is 0.500. The van der Waals surface area contributed by atoms with Crippen LogP contribution in [-0.4, -0.2) is 0 Å². The van der Waals surface area contributed by atoms with Gasteiger partial charge in [-0.25, -0.2) is 0 Å². The normalized spacial score (nSPS) is 11.7. The highest BCUT2D eigenvalue weighted by molar-refractivity contribution is 5.05. The molecule has 15 heavy (non-hydrogen) atoms. The second kappa shape index (κ2) is 12.7. The lowest BCUT2D eigenvalue weighted by molar-refractivity contribution is 0.729. The van der Waals surface area contributed by atoms with E-state index in [1.807, 2.05) is 12.1 Å². The SMILES string of the molecule is CCCCC/C=C/C=C/CC/C=C/C#N. The Morgan fingerprint density at radius 1 is 0.933 bits per heavy atom. The van der Waals surface area contributed by atoms with Gasteiger partial charge in [0.2, 0.25) is 0 Å². The van der Waals surface area contributed by atoms with Crippen molar-refractivity contribution >= 4 is 0 Å². The molecule has 0 unspecified atom stereocenters. The van der Waals surface area contributed by atoms with E-state index in [9.17, 15) is 0 Å². The van der Waals surface area contributed by atoms with E-state index < -0.39 is 0 Å². The average molecular weight is 203 g/mol. The highest BCUT2D eigenvalue weighted by atomic mass is 14.2. The van der Waals surface area contributed by atoms with Gasteiger partial charge in [-0.1, -0.05) is 50.1 Å². The Morgan fingerprint density at radius 3 is 2.27 bits per heavy atom. The maximum atomic E-state index is 8.24. The molecule has 0 fully saturated rings. The van der Waals surface area contributed by atoms with Crippen molar-refractivity contribution in [3.8, 4) is 6.07 Å². The van der Waals surface area contributed by atoms with Crippen molar-refractivity contribution in [3.05, 3.63) is 36.5 Å². The van der Waals surface area contributed by atoms with Gasteiger partial charge in [-0.15, -0.1) is 0 Å². The molecule has 0 saturated heterocycles. The topological polar surface area (TPSA) is 23.8 Å². The van der Waals surface area contributed by atoms with Crippen LogP contribution in [0.2, 0.25) is 0 Å². The summed E-state index contributed by atoms with van der Waals surface area (Å²) in [6.07, 6.45) is 19.1. The number of rotatable bonds is 8. The Balaban J connectivity index is 3.30. The van der Waals surface area contributed by atoms with E-state index in [1.54, 1.807) is 0 Å². The van der Waals surface area contributed by atoms with Gasteiger partial charge in [0.1, 0.15) is 0 Å². The van der Waals surface area contributed by atoms with Crippen LogP contribution in [-0.2, 0) is 0 Å². The smallest absolute Gasteiger partial charge is 0.0908 e. The molecule has 0 aromatic rings. The third-order valence-electron chi connectivity index (χ3n) is 2.05. The van der Waals surface area contributed by atoms with Gasteiger partial charge in [0.15, 0.2) is 0 Å². The highest BCUT2D eigenvalue weighted by Gasteiger charge is 1.80. The minimum atomic E-state index is 0.952. The molecule has 82 valence electrons. The second-order valence-electron chi connectivity index (χ2n) is 3.46.